The van der Waals surface area contributed by atoms with E-state index in [-0.39, 0.29) is 12.7 Å². The van der Waals surface area contributed by atoms with Crippen LogP contribution in [0.4, 0.5) is 11.4 Å². The van der Waals surface area contributed by atoms with Gasteiger partial charge in [-0.2, -0.15) is 0 Å². The second-order valence-corrected chi connectivity index (χ2v) is 22.0. The number of hydrogen-bond acceptors (Lipinski definition) is 25. The van der Waals surface area contributed by atoms with Gasteiger partial charge in [-0.3, -0.25) is 24.0 Å². The Morgan fingerprint density at radius 2 is 0.707 bits per heavy atom. The van der Waals surface area contributed by atoms with Gasteiger partial charge in [0.05, 0.1) is 56.9 Å². The van der Waals surface area contributed by atoms with E-state index in [0.717, 1.165) is 5.56 Å². The zero-order valence-corrected chi connectivity index (χ0v) is 49.7. The van der Waals surface area contributed by atoms with Gasteiger partial charge in [-0.15, -0.1) is 0 Å². The average Bonchev–Trinajstić information content (AvgIpc) is 3.46. The standard InChI is InChI=1S/C49H68I3N5O25/c1-19-2-4-21(5-3-19)47(80)54-22-8-6-20(7-9-22)46(79)53-10-31(70)55-37-35(51)32(48(81)56(11-23(62)38(71)42(75)27(66)15-58)12-24(63)39(72)43(76)28(67)16-59)34(50)33(36(37)52)49(82)57(13-25(64)40(73)44(77)29(68)17-60)14-26(65)41(74)45(78)30(69)18-61/h2-9,23-30,38-45,58-69,71-78H,10-18H2,1H3,(H,53,79)(H,54,80)(H,55,70). The minimum atomic E-state index is -2.41. The summed E-state index contributed by atoms with van der Waals surface area (Å²) in [4.78, 5) is 71.1. The molecule has 0 fully saturated rings. The lowest BCUT2D eigenvalue weighted by atomic mass is 9.99. The molecule has 23 N–H and O–H groups in total. The topological polar surface area (TPSA) is 533 Å². The molecule has 5 amide bonds. The number of carbonyl (C=O) groups excluding carboxylic acids is 5. The highest BCUT2D eigenvalue weighted by Crippen LogP contribution is 2.38. The van der Waals surface area contributed by atoms with Crippen LogP contribution in [0.15, 0.2) is 48.5 Å². The molecule has 3 aromatic carbocycles. The van der Waals surface area contributed by atoms with Crippen molar-refractivity contribution in [1.82, 2.24) is 15.1 Å². The van der Waals surface area contributed by atoms with Crippen LogP contribution in [0.25, 0.3) is 0 Å². The van der Waals surface area contributed by atoms with E-state index in [2.05, 4.69) is 16.0 Å². The summed E-state index contributed by atoms with van der Waals surface area (Å²) in [7, 11) is 0. The molecule has 16 atom stereocenters. The fourth-order valence-electron chi connectivity index (χ4n) is 7.59. The van der Waals surface area contributed by atoms with E-state index in [4.69, 9.17) is 0 Å². The highest BCUT2D eigenvalue weighted by Gasteiger charge is 2.41. The van der Waals surface area contributed by atoms with Crippen LogP contribution in [0, 0.1) is 17.6 Å². The number of halogens is 3. The second kappa shape index (κ2) is 33.9. The zero-order valence-electron chi connectivity index (χ0n) is 43.2. The molecule has 3 aromatic rings. The summed E-state index contributed by atoms with van der Waals surface area (Å²) in [5.41, 5.74) is -0.282. The van der Waals surface area contributed by atoms with Gasteiger partial charge in [0.25, 0.3) is 23.6 Å². The van der Waals surface area contributed by atoms with Gasteiger partial charge >= 0.3 is 0 Å². The Morgan fingerprint density at radius 3 is 1.02 bits per heavy atom. The predicted molar refractivity (Wildman–Crippen MR) is 307 cm³/mol. The van der Waals surface area contributed by atoms with Crippen molar-refractivity contribution in [2.45, 2.75) is 105 Å². The van der Waals surface area contributed by atoms with Crippen molar-refractivity contribution in [3.05, 3.63) is 87.1 Å². The number of carbonyl (C=O) groups is 5. The SMILES string of the molecule is Cc1ccc(C(=O)Nc2ccc(C(=O)NCC(=O)Nc3c(I)c(C(=O)N(CC(O)C(O)C(O)C(O)CO)CC(O)C(O)C(O)C(O)CO)c(I)c(C(=O)N(CC(O)C(O)C(O)C(O)CO)CC(O)C(O)C(O)C(O)CO)c3I)cc2)cc1. The Labute approximate surface area is 508 Å². The number of amides is 5. The van der Waals surface area contributed by atoms with Crippen LogP contribution < -0.4 is 16.0 Å². The van der Waals surface area contributed by atoms with Crippen molar-refractivity contribution in [1.29, 1.82) is 0 Å². The first kappa shape index (κ1) is 72.7. The van der Waals surface area contributed by atoms with Gasteiger partial charge in [-0.05, 0) is 111 Å². The third-order valence-electron chi connectivity index (χ3n) is 12.6. The molecule has 0 aromatic heterocycles. The number of hydrogen-bond donors (Lipinski definition) is 23. The molecule has 3 rings (SSSR count). The van der Waals surface area contributed by atoms with E-state index < -0.39 is 207 Å². The normalized spacial score (nSPS) is 17.7. The summed E-state index contributed by atoms with van der Waals surface area (Å²) in [5, 5.41) is 215. The molecule has 0 saturated carbocycles. The minimum absolute atomic E-state index is 0.00621. The monoisotopic (exact) mass is 1510 g/mol. The maximum absolute atomic E-state index is 15.1. The van der Waals surface area contributed by atoms with Crippen LogP contribution in [0.5, 0.6) is 0 Å². The number of nitrogens with one attached hydrogen (secondary N) is 3. The Balaban J connectivity index is 2.28. The van der Waals surface area contributed by atoms with Crippen molar-refractivity contribution in [3.8, 4) is 0 Å². The number of aliphatic hydroxyl groups excluding tert-OH is 20. The van der Waals surface area contributed by atoms with Crippen LogP contribution in [-0.2, 0) is 4.79 Å². The molecule has 0 aliphatic carbocycles. The van der Waals surface area contributed by atoms with Gasteiger partial charge in [0.15, 0.2) is 0 Å². The third kappa shape index (κ3) is 19.5. The number of anilines is 2. The highest BCUT2D eigenvalue weighted by molar-refractivity contribution is 14.1. The van der Waals surface area contributed by atoms with Gasteiger partial charge in [-0.25, -0.2) is 0 Å². The zero-order chi connectivity index (χ0) is 62.2. The summed E-state index contributed by atoms with van der Waals surface area (Å²) in [6.45, 7) is -8.47. The fraction of sp³-hybridized carbons (Fsp3) is 0.531. The van der Waals surface area contributed by atoms with Crippen LogP contribution >= 0.6 is 67.8 Å². The van der Waals surface area contributed by atoms with Crippen molar-refractivity contribution in [3.63, 3.8) is 0 Å². The Kier molecular flexibility index (Phi) is 30.1. The maximum atomic E-state index is 15.1. The van der Waals surface area contributed by atoms with Crippen LogP contribution in [0.3, 0.4) is 0 Å². The van der Waals surface area contributed by atoms with Gasteiger partial charge in [0, 0.05) is 46.6 Å². The average molecular weight is 1510 g/mol. The molecule has 16 unspecified atom stereocenters. The number of benzene rings is 3. The van der Waals surface area contributed by atoms with Gasteiger partial charge < -0.3 is 128 Å². The van der Waals surface area contributed by atoms with E-state index >= 15 is 9.59 Å². The molecule has 0 spiro atoms. The van der Waals surface area contributed by atoms with Gasteiger partial charge in [-0.1, -0.05) is 17.7 Å². The number of aliphatic hydroxyl groups is 20. The molecule has 0 bridgehead atoms. The van der Waals surface area contributed by atoms with E-state index in [1.807, 2.05) is 6.92 Å². The first-order valence-electron chi connectivity index (χ1n) is 24.6. The highest BCUT2D eigenvalue weighted by atomic mass is 127. The summed E-state index contributed by atoms with van der Waals surface area (Å²) in [6.07, 6.45) is -36.6. The summed E-state index contributed by atoms with van der Waals surface area (Å²) in [6, 6.07) is 12.2. The van der Waals surface area contributed by atoms with Crippen molar-refractivity contribution < 1.29 is 126 Å². The smallest absolute Gasteiger partial charge is 0.256 e. The molecule has 460 valence electrons. The van der Waals surface area contributed by atoms with Gasteiger partial charge in [0.1, 0.15) is 97.7 Å². The van der Waals surface area contributed by atoms with Gasteiger partial charge in [0.2, 0.25) is 5.91 Å². The van der Waals surface area contributed by atoms with Crippen LogP contribution in [0.1, 0.15) is 47.0 Å². The quantitative estimate of drug-likeness (QED) is 0.0258. The molecular formula is C49H68I3N5O25. The van der Waals surface area contributed by atoms with E-state index in [1.54, 1.807) is 24.3 Å². The molecule has 30 nitrogen and oxygen atoms in total. The maximum Gasteiger partial charge on any atom is 0.256 e. The van der Waals surface area contributed by atoms with Crippen LogP contribution in [0.2, 0.25) is 0 Å². The summed E-state index contributed by atoms with van der Waals surface area (Å²) in [5.74, 6) is -5.20. The minimum Gasteiger partial charge on any atom is -0.394 e. The van der Waals surface area contributed by atoms with Crippen molar-refractivity contribution >= 4 is 109 Å². The van der Waals surface area contributed by atoms with Crippen LogP contribution in [-0.4, -0.2) is 298 Å². The summed E-state index contributed by atoms with van der Waals surface area (Å²) < 4.78 is -1.12. The predicted octanol–water partition coefficient (Wildman–Crippen LogP) is -7.94. The largest absolute Gasteiger partial charge is 0.394 e. The Hall–Kier alpha value is -3.60. The summed E-state index contributed by atoms with van der Waals surface area (Å²) >= 11 is 4.43. The molecule has 0 aliphatic heterocycles. The van der Waals surface area contributed by atoms with Crippen molar-refractivity contribution in [2.24, 2.45) is 0 Å². The Bertz CT molecular complexity index is 2420. The number of rotatable bonds is 32. The third-order valence-corrected chi connectivity index (χ3v) is 15.9. The number of nitrogens with zero attached hydrogens (tertiary/aromatic N) is 2. The number of aryl methyl sites for hydroxylation is 1. The molecule has 33 heteroatoms. The molecule has 0 aliphatic rings. The van der Waals surface area contributed by atoms with E-state index in [1.165, 1.54) is 92.0 Å². The van der Waals surface area contributed by atoms with Crippen molar-refractivity contribution in [2.75, 3.05) is 69.8 Å². The molecular weight excluding hydrogens is 1440 g/mol. The second-order valence-electron chi connectivity index (χ2n) is 18.8. The first-order chi connectivity index (χ1) is 38.4. The molecule has 0 radical (unpaired) electrons. The lowest BCUT2D eigenvalue weighted by molar-refractivity contribution is -0.127. The first-order valence-corrected chi connectivity index (χ1v) is 27.8. The fourth-order valence-corrected chi connectivity index (χ4v) is 12.0. The van der Waals surface area contributed by atoms with E-state index in [9.17, 15) is 117 Å². The molecule has 0 saturated heterocycles. The lowest BCUT2D eigenvalue weighted by Crippen LogP contribution is -2.55. The molecule has 82 heavy (non-hydrogen) atoms. The lowest BCUT2D eigenvalue weighted by Gasteiger charge is -2.35. The van der Waals surface area contributed by atoms with E-state index in [0.29, 0.717) is 21.1 Å². The molecule has 0 heterocycles. The Morgan fingerprint density at radius 1 is 0.415 bits per heavy atom.